The Balaban J connectivity index is 1.60. The molecule has 2 aliphatic heterocycles. The number of aliphatic carboxylic acids is 1. The molecule has 14 nitrogen and oxygen atoms in total. The summed E-state index contributed by atoms with van der Waals surface area (Å²) in [6, 6.07) is 4.92. The fourth-order valence-corrected chi connectivity index (χ4v) is 4.96. The summed E-state index contributed by atoms with van der Waals surface area (Å²) in [7, 11) is 0. The minimum atomic E-state index is -1.89. The summed E-state index contributed by atoms with van der Waals surface area (Å²) >= 11 is 0. The summed E-state index contributed by atoms with van der Waals surface area (Å²) in [5, 5.41) is 45.1. The Kier molecular flexibility index (Phi) is 12.2. The molecular formula is C30H43N3O11. The molecule has 244 valence electrons. The quantitative estimate of drug-likeness (QED) is 0.157. The molecular weight excluding hydrogens is 578 g/mol. The molecule has 0 bridgehead atoms. The van der Waals surface area contributed by atoms with Crippen LogP contribution in [0.5, 0.6) is 5.75 Å². The second-order valence-electron chi connectivity index (χ2n) is 12.0. The molecule has 4 amide bonds. The molecule has 6 N–H and O–H groups in total. The molecule has 2 saturated heterocycles. The molecule has 0 spiro atoms. The average molecular weight is 622 g/mol. The molecule has 2 aliphatic rings. The van der Waals surface area contributed by atoms with Crippen molar-refractivity contribution in [2.75, 3.05) is 18.4 Å². The number of carbonyl (C=O) groups excluding carboxylic acids is 4. The van der Waals surface area contributed by atoms with E-state index in [-0.39, 0.29) is 67.4 Å². The number of nitrogens with zero attached hydrogens (tertiary/aromatic N) is 1. The van der Waals surface area contributed by atoms with Crippen LogP contribution in [-0.4, -0.2) is 98.7 Å². The first-order valence-electron chi connectivity index (χ1n) is 14.8. The van der Waals surface area contributed by atoms with Gasteiger partial charge in [-0.05, 0) is 42.4 Å². The van der Waals surface area contributed by atoms with E-state index >= 15 is 0 Å². The highest BCUT2D eigenvalue weighted by Gasteiger charge is 2.48. The van der Waals surface area contributed by atoms with Crippen LogP contribution in [0.4, 0.5) is 5.69 Å². The van der Waals surface area contributed by atoms with E-state index in [1.807, 2.05) is 13.8 Å². The van der Waals surface area contributed by atoms with E-state index in [0.717, 1.165) is 16.9 Å². The molecule has 2 heterocycles. The number of benzene rings is 1. The average Bonchev–Trinajstić information content (AvgIpc) is 3.24. The molecule has 1 aromatic carbocycles. The van der Waals surface area contributed by atoms with Crippen molar-refractivity contribution in [2.24, 2.45) is 17.8 Å². The largest absolute Gasteiger partial charge is 0.479 e. The highest BCUT2D eigenvalue weighted by atomic mass is 16.7. The van der Waals surface area contributed by atoms with Gasteiger partial charge in [0.25, 0.3) is 0 Å². The van der Waals surface area contributed by atoms with Crippen LogP contribution in [0.2, 0.25) is 0 Å². The lowest BCUT2D eigenvalue weighted by molar-refractivity contribution is -0.271. The van der Waals surface area contributed by atoms with Gasteiger partial charge in [-0.2, -0.15) is 0 Å². The van der Waals surface area contributed by atoms with Gasteiger partial charge in [0.2, 0.25) is 29.9 Å². The molecule has 14 heteroatoms. The van der Waals surface area contributed by atoms with E-state index in [9.17, 15) is 44.4 Å². The number of nitrogens with one attached hydrogen (secondary N) is 2. The summed E-state index contributed by atoms with van der Waals surface area (Å²) in [5.74, 6) is -2.99. The smallest absolute Gasteiger partial charge is 0.335 e. The van der Waals surface area contributed by atoms with E-state index in [0.29, 0.717) is 12.3 Å². The van der Waals surface area contributed by atoms with E-state index < -0.39 is 48.5 Å². The normalized spacial score (nSPS) is 25.4. The summed E-state index contributed by atoms with van der Waals surface area (Å²) < 4.78 is 10.9. The number of carbonyl (C=O) groups is 5. The van der Waals surface area contributed by atoms with Gasteiger partial charge >= 0.3 is 5.97 Å². The van der Waals surface area contributed by atoms with E-state index in [1.165, 1.54) is 6.07 Å². The van der Waals surface area contributed by atoms with Crippen molar-refractivity contribution < 1.29 is 53.9 Å². The number of aliphatic hydroxyl groups excluding tert-OH is 3. The first kappa shape index (κ1) is 34.9. The Morgan fingerprint density at radius 1 is 1.02 bits per heavy atom. The van der Waals surface area contributed by atoms with Crippen LogP contribution in [0, 0.1) is 17.8 Å². The Hall–Kier alpha value is -3.59. The maximum absolute atomic E-state index is 12.8. The molecule has 0 radical (unpaired) electrons. The van der Waals surface area contributed by atoms with Crippen molar-refractivity contribution in [3.8, 4) is 5.75 Å². The van der Waals surface area contributed by atoms with Gasteiger partial charge in [0.15, 0.2) is 6.10 Å². The number of hydrogen-bond donors (Lipinski definition) is 6. The first-order chi connectivity index (χ1) is 20.7. The van der Waals surface area contributed by atoms with Crippen molar-refractivity contribution in [3.05, 3.63) is 23.8 Å². The van der Waals surface area contributed by atoms with Crippen LogP contribution in [0.15, 0.2) is 18.2 Å². The fourth-order valence-electron chi connectivity index (χ4n) is 4.96. The third kappa shape index (κ3) is 8.97. The third-order valence-electron chi connectivity index (χ3n) is 7.70. The standard InChI is InChI=1S/C30H43N3O11/c1-15(2)5-6-17-7-8-20(43-30-26(39)24(37)25(38)27(44-30)29(41)42)19(13-17)32-22(35)9-11-31-21(34)10-12-33-23(36)14-18(16(3)4)28(33)40/h7-8,13,15-16,18,24-27,30,37-39H,5-6,9-12,14H2,1-4H3,(H,31,34)(H,32,35)(H,41,42). The van der Waals surface area contributed by atoms with E-state index in [2.05, 4.69) is 24.5 Å². The predicted octanol–water partition coefficient (Wildman–Crippen LogP) is 0.412. The van der Waals surface area contributed by atoms with Gasteiger partial charge in [-0.15, -0.1) is 0 Å². The van der Waals surface area contributed by atoms with Crippen LogP contribution in [0.3, 0.4) is 0 Å². The second kappa shape index (κ2) is 15.4. The van der Waals surface area contributed by atoms with E-state index in [1.54, 1.807) is 12.1 Å². The highest BCUT2D eigenvalue weighted by Crippen LogP contribution is 2.31. The van der Waals surface area contributed by atoms with Crippen LogP contribution >= 0.6 is 0 Å². The lowest BCUT2D eigenvalue weighted by Crippen LogP contribution is -2.61. The summed E-state index contributed by atoms with van der Waals surface area (Å²) in [5.41, 5.74) is 1.06. The van der Waals surface area contributed by atoms with Crippen LogP contribution in [0.25, 0.3) is 0 Å². The summed E-state index contributed by atoms with van der Waals surface area (Å²) in [6.07, 6.45) is -7.61. The van der Waals surface area contributed by atoms with E-state index in [4.69, 9.17) is 9.47 Å². The topological polar surface area (TPSA) is 212 Å². The van der Waals surface area contributed by atoms with Crippen LogP contribution in [0.1, 0.15) is 58.9 Å². The maximum Gasteiger partial charge on any atom is 0.335 e. The number of ether oxygens (including phenoxy) is 2. The molecule has 6 atom stereocenters. The van der Waals surface area contributed by atoms with Crippen molar-refractivity contribution in [2.45, 2.75) is 90.5 Å². The molecule has 0 aliphatic carbocycles. The number of rotatable bonds is 14. The van der Waals surface area contributed by atoms with Crippen molar-refractivity contribution in [1.82, 2.24) is 10.2 Å². The van der Waals surface area contributed by atoms with Crippen molar-refractivity contribution in [1.29, 1.82) is 0 Å². The van der Waals surface area contributed by atoms with Crippen LogP contribution in [-0.2, 0) is 35.1 Å². The number of hydrogen-bond acceptors (Lipinski definition) is 10. The van der Waals surface area contributed by atoms with Crippen LogP contribution < -0.4 is 15.4 Å². The predicted molar refractivity (Wildman–Crippen MR) is 155 cm³/mol. The van der Waals surface area contributed by atoms with Gasteiger partial charge in [-0.1, -0.05) is 33.8 Å². The maximum atomic E-state index is 12.8. The Morgan fingerprint density at radius 3 is 2.34 bits per heavy atom. The van der Waals surface area contributed by atoms with Gasteiger partial charge in [0, 0.05) is 38.3 Å². The number of aryl methyl sites for hydroxylation is 1. The number of carboxylic acids is 1. The Bertz CT molecular complexity index is 1220. The minimum absolute atomic E-state index is 0.0204. The first-order valence-corrected chi connectivity index (χ1v) is 14.8. The number of anilines is 1. The molecule has 1 aromatic rings. The van der Waals surface area contributed by atoms with Gasteiger partial charge < -0.3 is 40.5 Å². The molecule has 44 heavy (non-hydrogen) atoms. The number of aliphatic hydroxyl groups is 3. The zero-order chi connectivity index (χ0) is 32.7. The minimum Gasteiger partial charge on any atom is -0.479 e. The van der Waals surface area contributed by atoms with Gasteiger partial charge in [0.1, 0.15) is 24.1 Å². The van der Waals surface area contributed by atoms with Crippen molar-refractivity contribution >= 4 is 35.3 Å². The fraction of sp³-hybridized carbons (Fsp3) is 0.633. The molecule has 0 aromatic heterocycles. The summed E-state index contributed by atoms with van der Waals surface area (Å²) in [4.78, 5) is 62.3. The van der Waals surface area contributed by atoms with Crippen molar-refractivity contribution in [3.63, 3.8) is 0 Å². The third-order valence-corrected chi connectivity index (χ3v) is 7.70. The van der Waals surface area contributed by atoms with Gasteiger partial charge in [-0.3, -0.25) is 24.1 Å². The lowest BCUT2D eigenvalue weighted by atomic mass is 9.94. The second-order valence-corrected chi connectivity index (χ2v) is 12.0. The molecule has 6 unspecified atom stereocenters. The van der Waals surface area contributed by atoms with Gasteiger partial charge in [-0.25, -0.2) is 4.79 Å². The summed E-state index contributed by atoms with van der Waals surface area (Å²) in [6.45, 7) is 7.80. The van der Waals surface area contributed by atoms with Gasteiger partial charge in [0.05, 0.1) is 5.69 Å². The number of likely N-dealkylation sites (tertiary alicyclic amines) is 1. The number of imide groups is 1. The lowest BCUT2D eigenvalue weighted by Gasteiger charge is -2.38. The number of amides is 4. The SMILES string of the molecule is CC(C)CCc1ccc(OC2OC(C(=O)O)C(O)C(O)C2O)c(NC(=O)CCNC(=O)CCN2C(=O)CC(C(C)C)C2=O)c1. The zero-order valence-electron chi connectivity index (χ0n) is 25.4. The Morgan fingerprint density at radius 2 is 1.73 bits per heavy atom. The zero-order valence-corrected chi connectivity index (χ0v) is 25.4. The monoisotopic (exact) mass is 621 g/mol. The highest BCUT2D eigenvalue weighted by molar-refractivity contribution is 6.03. The Labute approximate surface area is 255 Å². The molecule has 0 saturated carbocycles. The molecule has 3 rings (SSSR count). The molecule has 2 fully saturated rings. The number of carboxylic acid groups (broad SMARTS) is 1.